The van der Waals surface area contributed by atoms with E-state index in [0.717, 1.165) is 34.9 Å². The van der Waals surface area contributed by atoms with E-state index >= 15 is 0 Å². The number of aliphatic carboxylic acids is 1. The van der Waals surface area contributed by atoms with Gasteiger partial charge in [0.2, 0.25) is 5.91 Å². The number of amides is 2. The third-order valence-electron chi connectivity index (χ3n) is 8.90. The number of phenolic OH excluding ortho intramolecular Hbond substituents is 2. The fourth-order valence-electron chi connectivity index (χ4n) is 6.30. The zero-order valence-corrected chi connectivity index (χ0v) is 30.4. The van der Waals surface area contributed by atoms with Crippen LogP contribution in [-0.2, 0) is 16.0 Å². The van der Waals surface area contributed by atoms with Crippen molar-refractivity contribution in [3.05, 3.63) is 102 Å². The van der Waals surface area contributed by atoms with Crippen LogP contribution >= 0.6 is 24.2 Å². The molecule has 0 spiro atoms. The molecule has 4 aromatic rings. The van der Waals surface area contributed by atoms with Gasteiger partial charge in [-0.1, -0.05) is 54.6 Å². The van der Waals surface area contributed by atoms with Crippen molar-refractivity contribution in [2.75, 3.05) is 13.2 Å². The molecule has 2 aliphatic rings. The number of carboxylic acids is 1. The van der Waals surface area contributed by atoms with Crippen molar-refractivity contribution in [3.63, 3.8) is 0 Å². The standard InChI is InChI=1S/C21H22N2O5S.C17H21NO3.ClH.Na.H/c1-4-28-13-10-9-11-7-5-6-8-12(11)14(13)17(24)22-15-18(25)23-16(20(26)27)21(2,3)29-19(15)23;1-12(17(21)14-4-8-16(20)9-5-14)18-11-10-13-2-6-15(19)7-3-13;;;/h5-10,15-16,19H,4H2,1-3H3,(H,22,24)(H,26,27);2-9,12,17-21H,10-11H2,1H3;1H;;/t15-,16+,19-;12-,17-;;;/m10.../s1. The molecule has 2 aliphatic heterocycles. The normalized spacial score (nSPS) is 19.4. The molecule has 2 saturated heterocycles. The van der Waals surface area contributed by atoms with Gasteiger partial charge in [-0.25, -0.2) is 4.79 Å². The number of carboxylic acid groups (broad SMARTS) is 1. The molecule has 274 valence electrons. The van der Waals surface area contributed by atoms with Crippen molar-refractivity contribution in [1.29, 1.82) is 0 Å². The third kappa shape index (κ3) is 9.54. The molecular weight excluding hydrogens is 717 g/mol. The van der Waals surface area contributed by atoms with Gasteiger partial charge in [-0.2, -0.15) is 0 Å². The maximum absolute atomic E-state index is 13.2. The molecule has 0 saturated carbocycles. The van der Waals surface area contributed by atoms with Crippen molar-refractivity contribution in [1.82, 2.24) is 15.5 Å². The number of β-lactam (4-membered cyclic amide) rings is 1. The molecule has 0 aromatic heterocycles. The van der Waals surface area contributed by atoms with Crippen molar-refractivity contribution in [2.24, 2.45) is 0 Å². The van der Waals surface area contributed by atoms with Crippen LogP contribution in [0.1, 0.15) is 55.3 Å². The summed E-state index contributed by atoms with van der Waals surface area (Å²) in [7, 11) is 0. The van der Waals surface area contributed by atoms with Gasteiger partial charge in [0, 0.05) is 10.8 Å². The summed E-state index contributed by atoms with van der Waals surface area (Å²) in [6, 6.07) is 23.1. The first-order chi connectivity index (χ1) is 23.8. The van der Waals surface area contributed by atoms with Crippen LogP contribution in [0, 0.1) is 0 Å². The number of fused-ring (bicyclic) bond motifs is 2. The van der Waals surface area contributed by atoms with Crippen LogP contribution < -0.4 is 15.4 Å². The van der Waals surface area contributed by atoms with Crippen molar-refractivity contribution in [2.45, 2.75) is 68.5 Å². The number of aliphatic hydroxyl groups is 1. The molecule has 52 heavy (non-hydrogen) atoms. The number of nitrogens with one attached hydrogen (secondary N) is 2. The minimum absolute atomic E-state index is 0. The minimum atomic E-state index is -1.03. The first kappa shape index (κ1) is 42.9. The molecule has 2 amide bonds. The molecule has 14 heteroatoms. The van der Waals surface area contributed by atoms with Gasteiger partial charge in [-0.05, 0) is 92.9 Å². The number of thioether (sulfide) groups is 1. The summed E-state index contributed by atoms with van der Waals surface area (Å²) in [5.74, 6) is -0.889. The van der Waals surface area contributed by atoms with Gasteiger partial charge in [-0.15, -0.1) is 24.2 Å². The number of carbonyl (C=O) groups excluding carboxylic acids is 2. The number of nitrogens with zero attached hydrogens (tertiary/aromatic N) is 1. The van der Waals surface area contributed by atoms with E-state index in [0.29, 0.717) is 17.9 Å². The van der Waals surface area contributed by atoms with Crippen LogP contribution in [-0.4, -0.2) is 114 Å². The summed E-state index contributed by atoms with van der Waals surface area (Å²) < 4.78 is 5.02. The van der Waals surface area contributed by atoms with Crippen molar-refractivity contribution < 1.29 is 39.5 Å². The van der Waals surface area contributed by atoms with E-state index in [2.05, 4.69) is 10.6 Å². The van der Waals surface area contributed by atoms with E-state index in [-0.39, 0.29) is 65.4 Å². The summed E-state index contributed by atoms with van der Waals surface area (Å²) in [5, 5.41) is 45.6. The van der Waals surface area contributed by atoms with Crippen LogP contribution in [0.25, 0.3) is 10.8 Å². The van der Waals surface area contributed by atoms with Gasteiger partial charge < -0.3 is 40.7 Å². The number of ether oxygens (including phenoxy) is 1. The molecule has 0 aliphatic carbocycles. The van der Waals surface area contributed by atoms with Crippen molar-refractivity contribution >= 4 is 82.3 Å². The predicted octanol–water partition coefficient (Wildman–Crippen LogP) is 4.61. The van der Waals surface area contributed by atoms with Crippen LogP contribution in [0.3, 0.4) is 0 Å². The number of hydrogen-bond acceptors (Lipinski definition) is 9. The van der Waals surface area contributed by atoms with Gasteiger partial charge in [0.1, 0.15) is 34.7 Å². The summed E-state index contributed by atoms with van der Waals surface area (Å²) in [6.07, 6.45) is 0.206. The van der Waals surface area contributed by atoms with Crippen molar-refractivity contribution in [3.8, 4) is 17.2 Å². The van der Waals surface area contributed by atoms with Gasteiger partial charge in [-0.3, -0.25) is 9.59 Å². The molecule has 2 heterocycles. The quantitative estimate of drug-likeness (QED) is 0.0939. The molecule has 11 nitrogen and oxygen atoms in total. The second-order valence-electron chi connectivity index (χ2n) is 12.8. The molecule has 4 aromatic carbocycles. The van der Waals surface area contributed by atoms with E-state index < -0.39 is 40.2 Å². The number of aromatic hydroxyl groups is 2. The first-order valence-electron chi connectivity index (χ1n) is 16.5. The number of halogens is 1. The maximum atomic E-state index is 13.2. The fraction of sp³-hybridized carbons (Fsp3) is 0.342. The predicted molar refractivity (Wildman–Crippen MR) is 207 cm³/mol. The van der Waals surface area contributed by atoms with E-state index in [1.165, 1.54) is 16.7 Å². The Balaban J connectivity index is 0.000000284. The summed E-state index contributed by atoms with van der Waals surface area (Å²) in [4.78, 5) is 38.9. The number of hydrogen-bond donors (Lipinski definition) is 6. The fourth-order valence-corrected chi connectivity index (χ4v) is 7.92. The zero-order chi connectivity index (χ0) is 36.2. The van der Waals surface area contributed by atoms with E-state index in [1.807, 2.05) is 56.3 Å². The molecule has 6 N–H and O–H groups in total. The Morgan fingerprint density at radius 3 is 2.19 bits per heavy atom. The monoisotopic (exact) mass is 761 g/mol. The van der Waals surface area contributed by atoms with E-state index in [1.54, 1.807) is 56.3 Å². The Morgan fingerprint density at radius 2 is 1.58 bits per heavy atom. The second kappa shape index (κ2) is 18.5. The number of phenols is 2. The van der Waals surface area contributed by atoms with Crippen LogP contribution in [0.5, 0.6) is 17.2 Å². The van der Waals surface area contributed by atoms with Gasteiger partial charge in [0.15, 0.2) is 0 Å². The second-order valence-corrected chi connectivity index (χ2v) is 14.6. The summed E-state index contributed by atoms with van der Waals surface area (Å²) in [6.45, 7) is 8.52. The van der Waals surface area contributed by atoms with Gasteiger partial charge in [0.25, 0.3) is 5.91 Å². The molecule has 6 rings (SSSR count). The molecule has 5 atom stereocenters. The number of aliphatic hydroxyl groups excluding tert-OH is 1. The third-order valence-corrected chi connectivity index (χ3v) is 10.5. The first-order valence-corrected chi connectivity index (χ1v) is 17.4. The molecule has 0 radical (unpaired) electrons. The number of carbonyl (C=O) groups is 3. The van der Waals surface area contributed by atoms with Gasteiger partial charge in [0.05, 0.1) is 18.3 Å². The molecule has 0 bridgehead atoms. The summed E-state index contributed by atoms with van der Waals surface area (Å²) >= 11 is 1.40. The molecular formula is C38H45ClN3NaO8S. The number of benzene rings is 4. The molecule has 2 fully saturated rings. The number of rotatable bonds is 11. The Bertz CT molecular complexity index is 1850. The topological polar surface area (TPSA) is 169 Å². The Labute approximate surface area is 335 Å². The van der Waals surface area contributed by atoms with Gasteiger partial charge >= 0.3 is 35.5 Å². The summed E-state index contributed by atoms with van der Waals surface area (Å²) in [5.41, 5.74) is 2.29. The Hall–Kier alpha value is -3.49. The average molecular weight is 762 g/mol. The van der Waals surface area contributed by atoms with Crippen LogP contribution in [0.2, 0.25) is 0 Å². The Morgan fingerprint density at radius 1 is 0.962 bits per heavy atom. The van der Waals surface area contributed by atoms with Crippen LogP contribution in [0.15, 0.2) is 84.9 Å². The molecule has 0 unspecified atom stereocenters. The Kier molecular flexibility index (Phi) is 15.3. The average Bonchev–Trinajstić information content (AvgIpc) is 3.35. The van der Waals surface area contributed by atoms with E-state index in [4.69, 9.17) is 4.74 Å². The zero-order valence-electron chi connectivity index (χ0n) is 28.8. The van der Waals surface area contributed by atoms with E-state index in [9.17, 15) is 34.8 Å². The SMILES string of the molecule is CCOc1ccc2ccccc2c1C(=O)N[C@@H]1C(=O)N2[C@@H]1SC(C)(C)[C@@H]2C(=O)O.C[C@H](NCCc1ccc(O)cc1)[C@H](O)c1ccc(O)cc1.Cl.[NaH]. The van der Waals surface area contributed by atoms with Crippen LogP contribution in [0.4, 0.5) is 0 Å².